The lowest BCUT2D eigenvalue weighted by Gasteiger charge is -2.11. The van der Waals surface area contributed by atoms with E-state index in [4.69, 9.17) is 0 Å². The van der Waals surface area contributed by atoms with E-state index in [0.717, 1.165) is 55.8 Å². The zero-order valence-corrected chi connectivity index (χ0v) is 25.9. The van der Waals surface area contributed by atoms with Crippen molar-refractivity contribution in [2.45, 2.75) is 0 Å². The first-order chi connectivity index (χ1) is 23.8. The molecule has 0 saturated carbocycles. The van der Waals surface area contributed by atoms with Crippen molar-refractivity contribution in [1.29, 1.82) is 0 Å². The summed E-state index contributed by atoms with van der Waals surface area (Å²) in [5.41, 5.74) is 9.74. The van der Waals surface area contributed by atoms with Gasteiger partial charge in [0.05, 0.1) is 44.5 Å². The van der Waals surface area contributed by atoms with Gasteiger partial charge in [0.2, 0.25) is 0 Å². The van der Waals surface area contributed by atoms with Crippen LogP contribution >= 0.6 is 0 Å². The van der Waals surface area contributed by atoms with Crippen LogP contribution in [-0.4, -0.2) is 18.3 Å². The van der Waals surface area contributed by atoms with E-state index in [2.05, 4.69) is 130 Å². The summed E-state index contributed by atoms with van der Waals surface area (Å²) >= 11 is 0. The van der Waals surface area contributed by atoms with Crippen molar-refractivity contribution in [3.63, 3.8) is 0 Å². The van der Waals surface area contributed by atoms with E-state index in [-0.39, 0.29) is 5.69 Å². The number of para-hydroxylation sites is 6. The van der Waals surface area contributed by atoms with Gasteiger partial charge in [-0.15, -0.1) is 0 Å². The number of aromatic nitrogens is 4. The second kappa shape index (κ2) is 10.2. The van der Waals surface area contributed by atoms with Gasteiger partial charge in [0.15, 0.2) is 0 Å². The van der Waals surface area contributed by atoms with Crippen LogP contribution in [0.3, 0.4) is 0 Å². The van der Waals surface area contributed by atoms with Crippen LogP contribution in [0.2, 0.25) is 0 Å². The molecule has 226 valence electrons. The zero-order chi connectivity index (χ0) is 31.8. The summed E-state index contributed by atoms with van der Waals surface area (Å²) in [4.78, 5) is 14.6. The van der Waals surface area contributed by atoms with E-state index in [1.807, 2.05) is 57.7 Å². The van der Waals surface area contributed by atoms with Crippen molar-refractivity contribution in [2.75, 3.05) is 0 Å². The Balaban J connectivity index is 1.18. The highest BCUT2D eigenvalue weighted by Gasteiger charge is 2.19. The molecule has 0 bridgehead atoms. The number of hydrogen-bond donors (Lipinski definition) is 0. The Labute approximate surface area is 275 Å². The molecule has 5 nitrogen and oxygen atoms in total. The molecule has 0 radical (unpaired) electrons. The Kier molecular flexibility index (Phi) is 5.66. The second-order valence-corrected chi connectivity index (χ2v) is 12.2. The topological polar surface area (TPSA) is 36.8 Å². The largest absolute Gasteiger partial charge is 0.338 e. The van der Waals surface area contributed by atoms with Crippen LogP contribution in [0.15, 0.2) is 175 Å². The SMILES string of the molecule is O=c1n(-c2cccc(-n3c4ccccc4c4ccccc43)c2)c2ccccc2n1-c1cccc(-n2c3ccccc3c3ccccc32)c1. The highest BCUT2D eigenvalue weighted by atomic mass is 16.1. The van der Waals surface area contributed by atoms with Crippen LogP contribution in [0.25, 0.3) is 77.4 Å². The standard InChI is InChI=1S/C43H28N4O/c48-43-46(31-15-11-13-29(27-31)44-37-21-5-1-17-33(37)34-18-2-6-22-38(34)44)41-25-9-10-26-42(41)47(43)32-16-12-14-30(28-32)45-39-23-7-3-19-35(39)36-20-4-8-24-40(36)45/h1-28H. The maximum atomic E-state index is 14.6. The van der Waals surface area contributed by atoms with Gasteiger partial charge in [-0.2, -0.15) is 0 Å². The molecule has 0 aliphatic heterocycles. The molecule has 0 N–H and O–H groups in total. The van der Waals surface area contributed by atoms with Crippen LogP contribution in [-0.2, 0) is 0 Å². The second-order valence-electron chi connectivity index (χ2n) is 12.2. The molecular formula is C43H28N4O. The van der Waals surface area contributed by atoms with E-state index < -0.39 is 0 Å². The molecule has 0 fully saturated rings. The van der Waals surface area contributed by atoms with Gasteiger partial charge in [0, 0.05) is 32.9 Å². The highest BCUT2D eigenvalue weighted by molar-refractivity contribution is 6.10. The smallest absolute Gasteiger partial charge is 0.309 e. The van der Waals surface area contributed by atoms with Crippen LogP contribution in [0.1, 0.15) is 0 Å². The summed E-state index contributed by atoms with van der Waals surface area (Å²) in [5.74, 6) is 0. The van der Waals surface area contributed by atoms with Gasteiger partial charge in [-0.3, -0.25) is 9.13 Å². The fourth-order valence-corrected chi connectivity index (χ4v) is 7.59. The normalized spacial score (nSPS) is 11.8. The number of rotatable bonds is 4. The average molecular weight is 617 g/mol. The molecule has 0 atom stereocenters. The summed E-state index contributed by atoms with van der Waals surface area (Å²) in [6.07, 6.45) is 0. The van der Waals surface area contributed by atoms with Gasteiger partial charge in [-0.25, -0.2) is 4.79 Å². The van der Waals surface area contributed by atoms with E-state index in [1.165, 1.54) is 21.5 Å². The predicted octanol–water partition coefficient (Wildman–Crippen LogP) is 9.98. The fourth-order valence-electron chi connectivity index (χ4n) is 7.59. The highest BCUT2D eigenvalue weighted by Crippen LogP contribution is 2.34. The molecule has 5 heteroatoms. The summed E-state index contributed by atoms with van der Waals surface area (Å²) in [7, 11) is 0. The molecule has 3 aromatic heterocycles. The fraction of sp³-hybridized carbons (Fsp3) is 0. The third-order valence-corrected chi connectivity index (χ3v) is 9.60. The number of nitrogens with zero attached hydrogens (tertiary/aromatic N) is 4. The third kappa shape index (κ3) is 3.76. The molecule has 10 rings (SSSR count). The number of fused-ring (bicyclic) bond motifs is 7. The predicted molar refractivity (Wildman–Crippen MR) is 198 cm³/mol. The van der Waals surface area contributed by atoms with Crippen molar-refractivity contribution >= 4 is 54.6 Å². The maximum absolute atomic E-state index is 14.6. The molecule has 10 aromatic rings. The molecule has 7 aromatic carbocycles. The summed E-state index contributed by atoms with van der Waals surface area (Å²) in [6.45, 7) is 0. The number of benzene rings is 7. The Hall–Kier alpha value is -6.59. The summed E-state index contributed by atoms with van der Waals surface area (Å²) < 4.78 is 8.24. The number of hydrogen-bond acceptors (Lipinski definition) is 1. The van der Waals surface area contributed by atoms with Crippen molar-refractivity contribution in [3.05, 3.63) is 180 Å². The van der Waals surface area contributed by atoms with Crippen LogP contribution < -0.4 is 5.69 Å². The molecule has 48 heavy (non-hydrogen) atoms. The molecule has 0 aliphatic rings. The number of imidazole rings is 1. The zero-order valence-electron chi connectivity index (χ0n) is 25.9. The van der Waals surface area contributed by atoms with Gasteiger partial charge in [0.25, 0.3) is 0 Å². The van der Waals surface area contributed by atoms with E-state index in [9.17, 15) is 4.79 Å². The van der Waals surface area contributed by atoms with Crippen LogP contribution in [0, 0.1) is 0 Å². The summed E-state index contributed by atoms with van der Waals surface area (Å²) in [5, 5.41) is 4.82. The molecule has 0 saturated heterocycles. The first kappa shape index (κ1) is 26.6. The minimum atomic E-state index is -0.116. The van der Waals surface area contributed by atoms with Gasteiger partial charge in [0.1, 0.15) is 0 Å². The van der Waals surface area contributed by atoms with Gasteiger partial charge in [-0.05, 0) is 72.8 Å². The lowest BCUT2D eigenvalue weighted by molar-refractivity contribution is 0.927. The van der Waals surface area contributed by atoms with E-state index in [0.29, 0.717) is 0 Å². The average Bonchev–Trinajstić information content (AvgIpc) is 3.77. The van der Waals surface area contributed by atoms with Crippen molar-refractivity contribution in [1.82, 2.24) is 18.3 Å². The third-order valence-electron chi connectivity index (χ3n) is 9.60. The van der Waals surface area contributed by atoms with Gasteiger partial charge < -0.3 is 9.13 Å². The summed E-state index contributed by atoms with van der Waals surface area (Å²) in [6, 6.07) is 58.6. The van der Waals surface area contributed by atoms with Gasteiger partial charge in [-0.1, -0.05) is 97.1 Å². The Bertz CT molecular complexity index is 2630. The minimum Gasteiger partial charge on any atom is -0.309 e. The molecule has 3 heterocycles. The van der Waals surface area contributed by atoms with Crippen molar-refractivity contribution in [3.8, 4) is 22.7 Å². The molecular weight excluding hydrogens is 589 g/mol. The molecule has 0 aliphatic carbocycles. The minimum absolute atomic E-state index is 0.116. The Morgan fingerprint density at radius 3 is 0.875 bits per heavy atom. The monoisotopic (exact) mass is 616 g/mol. The molecule has 0 unspecified atom stereocenters. The quantitative estimate of drug-likeness (QED) is 0.194. The van der Waals surface area contributed by atoms with E-state index in [1.54, 1.807) is 0 Å². The molecule has 0 spiro atoms. The van der Waals surface area contributed by atoms with Crippen molar-refractivity contribution in [2.24, 2.45) is 0 Å². The first-order valence-electron chi connectivity index (χ1n) is 16.2. The molecule has 0 amide bonds. The van der Waals surface area contributed by atoms with Crippen molar-refractivity contribution < 1.29 is 0 Å². The Morgan fingerprint density at radius 1 is 0.271 bits per heavy atom. The van der Waals surface area contributed by atoms with Crippen LogP contribution in [0.5, 0.6) is 0 Å². The Morgan fingerprint density at radius 2 is 0.542 bits per heavy atom. The van der Waals surface area contributed by atoms with Gasteiger partial charge >= 0.3 is 5.69 Å². The maximum Gasteiger partial charge on any atom is 0.338 e. The van der Waals surface area contributed by atoms with Crippen LogP contribution in [0.4, 0.5) is 0 Å². The van der Waals surface area contributed by atoms with E-state index >= 15 is 0 Å². The first-order valence-corrected chi connectivity index (χ1v) is 16.2. The lowest BCUT2D eigenvalue weighted by atomic mass is 10.2. The lowest BCUT2D eigenvalue weighted by Crippen LogP contribution is -2.22.